The third-order valence-electron chi connectivity index (χ3n) is 3.52. The summed E-state index contributed by atoms with van der Waals surface area (Å²) in [5, 5.41) is 9.38. The number of carboxylic acids is 1. The molecule has 2 aromatic carbocycles. The van der Waals surface area contributed by atoms with Crippen LogP contribution < -0.4 is 4.74 Å². The van der Waals surface area contributed by atoms with Crippen LogP contribution in [0.15, 0.2) is 42.5 Å². The minimum Gasteiger partial charge on any atom is -0.496 e. The lowest BCUT2D eigenvalue weighted by atomic mass is 9.86. The van der Waals surface area contributed by atoms with Gasteiger partial charge in [-0.05, 0) is 28.7 Å². The Morgan fingerprint density at radius 2 is 1.67 bits per heavy atom. The molecule has 0 aromatic heterocycles. The third kappa shape index (κ3) is 3.07. The van der Waals surface area contributed by atoms with Crippen molar-refractivity contribution in [2.75, 3.05) is 7.11 Å². The fraction of sp³-hybridized carbons (Fsp3) is 0.278. The van der Waals surface area contributed by atoms with E-state index in [1.54, 1.807) is 25.3 Å². The zero-order valence-corrected chi connectivity index (χ0v) is 12.8. The second-order valence-corrected chi connectivity index (χ2v) is 6.02. The number of hydrogen-bond donors (Lipinski definition) is 1. The first kappa shape index (κ1) is 15.1. The SMILES string of the molecule is COc1cccc(C(=O)O)c1-c1ccc(C(C)(C)C)cc1. The zero-order valence-electron chi connectivity index (χ0n) is 12.8. The highest BCUT2D eigenvalue weighted by atomic mass is 16.5. The number of carbonyl (C=O) groups is 1. The Morgan fingerprint density at radius 1 is 1.05 bits per heavy atom. The van der Waals surface area contributed by atoms with Crippen LogP contribution in [0.3, 0.4) is 0 Å². The predicted molar refractivity (Wildman–Crippen MR) is 84.1 cm³/mol. The number of hydrogen-bond acceptors (Lipinski definition) is 2. The number of aromatic carboxylic acids is 1. The maximum Gasteiger partial charge on any atom is 0.336 e. The molecule has 3 nitrogen and oxygen atoms in total. The van der Waals surface area contributed by atoms with Crippen LogP contribution in [0, 0.1) is 0 Å². The average molecular weight is 284 g/mol. The van der Waals surface area contributed by atoms with Gasteiger partial charge in [0.15, 0.2) is 0 Å². The van der Waals surface area contributed by atoms with Gasteiger partial charge < -0.3 is 9.84 Å². The quantitative estimate of drug-likeness (QED) is 0.911. The number of rotatable bonds is 3. The van der Waals surface area contributed by atoms with Crippen LogP contribution in [-0.4, -0.2) is 18.2 Å². The molecule has 0 unspecified atom stereocenters. The second kappa shape index (κ2) is 5.60. The van der Waals surface area contributed by atoms with Gasteiger partial charge in [-0.25, -0.2) is 4.79 Å². The lowest BCUT2D eigenvalue weighted by Gasteiger charge is -2.19. The first-order valence-electron chi connectivity index (χ1n) is 6.86. The van der Waals surface area contributed by atoms with Crippen molar-refractivity contribution in [1.29, 1.82) is 0 Å². The molecule has 0 bridgehead atoms. The van der Waals surface area contributed by atoms with Gasteiger partial charge in [-0.15, -0.1) is 0 Å². The number of methoxy groups -OCH3 is 1. The van der Waals surface area contributed by atoms with Crippen LogP contribution in [0.5, 0.6) is 5.75 Å². The first-order valence-corrected chi connectivity index (χ1v) is 6.86. The molecule has 2 aromatic rings. The summed E-state index contributed by atoms with van der Waals surface area (Å²) >= 11 is 0. The van der Waals surface area contributed by atoms with Crippen LogP contribution >= 0.6 is 0 Å². The van der Waals surface area contributed by atoms with Gasteiger partial charge in [0.2, 0.25) is 0 Å². The molecule has 0 fully saturated rings. The molecule has 3 heteroatoms. The van der Waals surface area contributed by atoms with Crippen LogP contribution in [0.2, 0.25) is 0 Å². The monoisotopic (exact) mass is 284 g/mol. The van der Waals surface area contributed by atoms with Gasteiger partial charge in [0.05, 0.1) is 12.7 Å². The van der Waals surface area contributed by atoms with Crippen molar-refractivity contribution in [3.63, 3.8) is 0 Å². The Kier molecular flexibility index (Phi) is 4.03. The fourth-order valence-corrected chi connectivity index (χ4v) is 2.31. The van der Waals surface area contributed by atoms with Gasteiger partial charge in [0.1, 0.15) is 5.75 Å². The van der Waals surface area contributed by atoms with Crippen LogP contribution in [-0.2, 0) is 5.41 Å². The molecule has 0 atom stereocenters. The molecule has 0 heterocycles. The molecule has 0 saturated heterocycles. The highest BCUT2D eigenvalue weighted by molar-refractivity contribution is 5.98. The summed E-state index contributed by atoms with van der Waals surface area (Å²) in [7, 11) is 1.55. The minimum absolute atomic E-state index is 0.0644. The Bertz CT molecular complexity index is 649. The van der Waals surface area contributed by atoms with E-state index in [1.807, 2.05) is 24.3 Å². The van der Waals surface area contributed by atoms with E-state index < -0.39 is 5.97 Å². The molecule has 0 aliphatic carbocycles. The van der Waals surface area contributed by atoms with E-state index in [9.17, 15) is 9.90 Å². The second-order valence-electron chi connectivity index (χ2n) is 6.02. The maximum absolute atomic E-state index is 11.4. The van der Waals surface area contributed by atoms with Crippen molar-refractivity contribution in [3.05, 3.63) is 53.6 Å². The van der Waals surface area contributed by atoms with Gasteiger partial charge in [0.25, 0.3) is 0 Å². The molecule has 0 saturated carbocycles. The highest BCUT2D eigenvalue weighted by Crippen LogP contribution is 2.34. The normalized spacial score (nSPS) is 11.2. The van der Waals surface area contributed by atoms with Gasteiger partial charge in [-0.2, -0.15) is 0 Å². The molecule has 21 heavy (non-hydrogen) atoms. The molecule has 0 amide bonds. The summed E-state index contributed by atoms with van der Waals surface area (Å²) in [5.41, 5.74) is 2.98. The van der Waals surface area contributed by atoms with Crippen molar-refractivity contribution in [2.24, 2.45) is 0 Å². The van der Waals surface area contributed by atoms with Crippen molar-refractivity contribution in [3.8, 4) is 16.9 Å². The third-order valence-corrected chi connectivity index (χ3v) is 3.52. The topological polar surface area (TPSA) is 46.5 Å². The molecular weight excluding hydrogens is 264 g/mol. The molecular formula is C18H20O3. The van der Waals surface area contributed by atoms with Crippen molar-refractivity contribution in [2.45, 2.75) is 26.2 Å². The Morgan fingerprint density at radius 3 is 2.14 bits per heavy atom. The fourth-order valence-electron chi connectivity index (χ4n) is 2.31. The molecule has 1 N–H and O–H groups in total. The van der Waals surface area contributed by atoms with E-state index in [0.29, 0.717) is 11.3 Å². The Labute approximate surface area is 125 Å². The van der Waals surface area contributed by atoms with Crippen LogP contribution in [0.25, 0.3) is 11.1 Å². The Balaban J connectivity index is 2.58. The smallest absolute Gasteiger partial charge is 0.336 e. The van der Waals surface area contributed by atoms with E-state index in [-0.39, 0.29) is 11.0 Å². The van der Waals surface area contributed by atoms with E-state index in [0.717, 1.165) is 5.56 Å². The van der Waals surface area contributed by atoms with Crippen LogP contribution in [0.4, 0.5) is 0 Å². The van der Waals surface area contributed by atoms with Gasteiger partial charge in [-0.3, -0.25) is 0 Å². The van der Waals surface area contributed by atoms with Gasteiger partial charge in [-0.1, -0.05) is 51.1 Å². The number of carboxylic acid groups (broad SMARTS) is 1. The summed E-state index contributed by atoms with van der Waals surface area (Å²) in [6, 6.07) is 13.0. The van der Waals surface area contributed by atoms with Gasteiger partial charge >= 0.3 is 5.97 Å². The minimum atomic E-state index is -0.955. The lowest BCUT2D eigenvalue weighted by Crippen LogP contribution is -2.10. The molecule has 0 aliphatic rings. The summed E-state index contributed by atoms with van der Waals surface area (Å²) in [6.45, 7) is 6.44. The average Bonchev–Trinajstić information content (AvgIpc) is 2.45. The van der Waals surface area contributed by atoms with E-state index in [4.69, 9.17) is 4.74 Å². The zero-order chi connectivity index (χ0) is 15.6. The van der Waals surface area contributed by atoms with E-state index in [1.165, 1.54) is 5.56 Å². The molecule has 0 spiro atoms. The van der Waals surface area contributed by atoms with E-state index in [2.05, 4.69) is 20.8 Å². The maximum atomic E-state index is 11.4. The largest absolute Gasteiger partial charge is 0.496 e. The molecule has 0 radical (unpaired) electrons. The van der Waals surface area contributed by atoms with Gasteiger partial charge in [0, 0.05) is 5.56 Å². The predicted octanol–water partition coefficient (Wildman–Crippen LogP) is 4.36. The molecule has 2 rings (SSSR count). The van der Waals surface area contributed by atoms with Crippen LogP contribution in [0.1, 0.15) is 36.7 Å². The van der Waals surface area contributed by atoms with E-state index >= 15 is 0 Å². The summed E-state index contributed by atoms with van der Waals surface area (Å²) in [5.74, 6) is -0.387. The summed E-state index contributed by atoms with van der Waals surface area (Å²) in [4.78, 5) is 11.4. The molecule has 110 valence electrons. The standard InChI is InChI=1S/C18H20O3/c1-18(2,3)13-10-8-12(9-11-13)16-14(17(19)20)6-5-7-15(16)21-4/h5-11H,1-4H3,(H,19,20). The number of ether oxygens (including phenoxy) is 1. The van der Waals surface area contributed by atoms with Crippen molar-refractivity contribution < 1.29 is 14.6 Å². The van der Waals surface area contributed by atoms with Crippen molar-refractivity contribution >= 4 is 5.97 Å². The first-order chi connectivity index (χ1) is 9.84. The summed E-state index contributed by atoms with van der Waals surface area (Å²) < 4.78 is 5.32. The van der Waals surface area contributed by atoms with Crippen molar-refractivity contribution in [1.82, 2.24) is 0 Å². The Hall–Kier alpha value is -2.29. The number of benzene rings is 2. The highest BCUT2D eigenvalue weighted by Gasteiger charge is 2.18. The molecule has 0 aliphatic heterocycles. The lowest BCUT2D eigenvalue weighted by molar-refractivity contribution is 0.0697. The summed E-state index contributed by atoms with van der Waals surface area (Å²) in [6.07, 6.45) is 0.